The van der Waals surface area contributed by atoms with Crippen LogP contribution in [-0.2, 0) is 25.5 Å². The van der Waals surface area contributed by atoms with E-state index in [4.69, 9.17) is 14.0 Å². The van der Waals surface area contributed by atoms with Crippen LogP contribution in [0.15, 0.2) is 36.4 Å². The van der Waals surface area contributed by atoms with E-state index in [-0.39, 0.29) is 24.5 Å². The topological polar surface area (TPSA) is 85.9 Å². The highest BCUT2D eigenvalue weighted by atomic mass is 31.2. The van der Waals surface area contributed by atoms with Crippen molar-refractivity contribution in [2.45, 2.75) is 33.3 Å². The van der Waals surface area contributed by atoms with Gasteiger partial charge in [0, 0.05) is 20.6 Å². The van der Waals surface area contributed by atoms with Gasteiger partial charge in [-0.15, -0.1) is 0 Å². The fourth-order valence-electron chi connectivity index (χ4n) is 2.77. The number of hydrogen-bond donors (Lipinski definition) is 2. The zero-order valence-electron chi connectivity index (χ0n) is 17.4. The number of esters is 1. The predicted octanol–water partition coefficient (Wildman–Crippen LogP) is 3.35. The number of ether oxygens (including phenoxy) is 2. The number of carbonyl (C=O) groups excluding carboxylic acids is 2. The first-order valence-corrected chi connectivity index (χ1v) is 11.0. The molecule has 2 aromatic carbocycles. The maximum Gasteiger partial charge on any atom is 0.320 e. The van der Waals surface area contributed by atoms with Gasteiger partial charge in [-0.2, -0.15) is 0 Å². The average Bonchev–Trinajstić information content (AvgIpc) is 2.66. The lowest BCUT2D eigenvalue weighted by atomic mass is 10.0. The smallest absolute Gasteiger partial charge is 0.320 e. The molecule has 0 saturated heterocycles. The number of nitrogens with one attached hydrogen (secondary N) is 2. The Balaban J connectivity index is 2.09. The number of fused-ring (bicyclic) bond motifs is 1. The molecule has 29 heavy (non-hydrogen) atoms. The summed E-state index contributed by atoms with van der Waals surface area (Å²) >= 11 is 0. The Hall–Kier alpha value is -2.21. The molecule has 0 aliphatic carbocycles. The highest BCUT2D eigenvalue weighted by molar-refractivity contribution is 7.50. The van der Waals surface area contributed by atoms with E-state index < -0.39 is 8.30 Å². The monoisotopic (exact) mass is 420 g/mol. The lowest BCUT2D eigenvalue weighted by Crippen LogP contribution is -2.25. The minimum atomic E-state index is -1.21. The Kier molecular flexibility index (Phi) is 9.32. The molecule has 1 atom stereocenters. The van der Waals surface area contributed by atoms with Gasteiger partial charge in [0.2, 0.25) is 5.91 Å². The van der Waals surface area contributed by atoms with E-state index in [0.29, 0.717) is 18.6 Å². The summed E-state index contributed by atoms with van der Waals surface area (Å²) in [4.78, 5) is 22.9. The Bertz CT molecular complexity index is 828. The largest absolute Gasteiger partial charge is 0.462 e. The van der Waals surface area contributed by atoms with Crippen LogP contribution in [0.1, 0.15) is 26.3 Å². The summed E-state index contributed by atoms with van der Waals surface area (Å²) in [6.07, 6.45) is 0.911. The maximum absolute atomic E-state index is 11.8. The molecule has 0 aliphatic heterocycles. The number of carbonyl (C=O) groups is 2. The summed E-state index contributed by atoms with van der Waals surface area (Å²) in [5, 5.41) is 8.08. The van der Waals surface area contributed by atoms with E-state index in [2.05, 4.69) is 10.4 Å². The maximum atomic E-state index is 11.8. The second-order valence-electron chi connectivity index (χ2n) is 6.79. The average molecular weight is 420 g/mol. The highest BCUT2D eigenvalue weighted by Crippen LogP contribution is 2.35. The Morgan fingerprint density at radius 3 is 2.66 bits per heavy atom. The Morgan fingerprint density at radius 1 is 1.17 bits per heavy atom. The number of rotatable bonds is 11. The van der Waals surface area contributed by atoms with Crippen molar-refractivity contribution in [1.82, 2.24) is 10.4 Å². The second-order valence-corrected chi connectivity index (χ2v) is 8.31. The molecule has 1 amide bonds. The van der Waals surface area contributed by atoms with Crippen LogP contribution in [0.4, 0.5) is 0 Å². The quantitative estimate of drug-likeness (QED) is 0.428. The predicted molar refractivity (Wildman–Crippen MR) is 115 cm³/mol. The van der Waals surface area contributed by atoms with Crippen molar-refractivity contribution in [3.8, 4) is 5.75 Å². The van der Waals surface area contributed by atoms with Gasteiger partial charge >= 0.3 is 5.97 Å². The van der Waals surface area contributed by atoms with Crippen molar-refractivity contribution in [1.29, 1.82) is 0 Å². The number of benzene rings is 2. The van der Waals surface area contributed by atoms with Gasteiger partial charge in [-0.05, 0) is 48.7 Å². The standard InChI is InChI=1S/C21H29N2O5P/c1-15(2)27-21(25)13-23-29(14-26-4)28-19-9-8-17-6-5-7-18(20(17)12-19)10-11-22-16(3)24/h5-9,12,15,23H,10-11,13-14H2,1-4H3,(H,22,24). The molecule has 0 fully saturated rings. The molecule has 8 heteroatoms. The van der Waals surface area contributed by atoms with E-state index in [1.165, 1.54) is 6.92 Å². The van der Waals surface area contributed by atoms with Crippen LogP contribution in [0.2, 0.25) is 0 Å². The van der Waals surface area contributed by atoms with Gasteiger partial charge in [0.05, 0.1) is 6.10 Å². The molecule has 7 nitrogen and oxygen atoms in total. The lowest BCUT2D eigenvalue weighted by Gasteiger charge is -2.19. The zero-order valence-corrected chi connectivity index (χ0v) is 18.3. The van der Waals surface area contributed by atoms with Crippen molar-refractivity contribution < 1.29 is 23.6 Å². The molecule has 0 bridgehead atoms. The number of amides is 1. The molecule has 158 valence electrons. The van der Waals surface area contributed by atoms with Gasteiger partial charge in [-0.25, -0.2) is 0 Å². The molecule has 0 saturated carbocycles. The van der Waals surface area contributed by atoms with E-state index in [9.17, 15) is 9.59 Å². The Morgan fingerprint density at radius 2 is 1.97 bits per heavy atom. The van der Waals surface area contributed by atoms with Crippen molar-refractivity contribution in [3.05, 3.63) is 42.0 Å². The van der Waals surface area contributed by atoms with Gasteiger partial charge < -0.3 is 19.3 Å². The van der Waals surface area contributed by atoms with E-state index >= 15 is 0 Å². The third-order valence-electron chi connectivity index (χ3n) is 3.94. The number of methoxy groups -OCH3 is 1. The van der Waals surface area contributed by atoms with Crippen molar-refractivity contribution in [2.24, 2.45) is 0 Å². The Labute approximate surface area is 173 Å². The summed E-state index contributed by atoms with van der Waals surface area (Å²) in [5.41, 5.74) is 1.13. The molecule has 2 N–H and O–H groups in total. The minimum Gasteiger partial charge on any atom is -0.462 e. The van der Waals surface area contributed by atoms with Gasteiger partial charge in [0.1, 0.15) is 18.6 Å². The van der Waals surface area contributed by atoms with E-state index in [1.807, 2.05) is 50.2 Å². The van der Waals surface area contributed by atoms with Gasteiger partial charge in [-0.3, -0.25) is 14.7 Å². The number of hydrogen-bond acceptors (Lipinski definition) is 6. The third-order valence-corrected chi connectivity index (χ3v) is 5.38. The van der Waals surface area contributed by atoms with Crippen molar-refractivity contribution >= 4 is 30.9 Å². The zero-order chi connectivity index (χ0) is 21.2. The molecule has 2 aromatic rings. The first-order valence-electron chi connectivity index (χ1n) is 9.52. The van der Waals surface area contributed by atoms with Crippen molar-refractivity contribution in [3.63, 3.8) is 0 Å². The molecule has 0 radical (unpaired) electrons. The van der Waals surface area contributed by atoms with Crippen LogP contribution in [-0.4, -0.2) is 44.5 Å². The second kappa shape index (κ2) is 11.7. The molecular weight excluding hydrogens is 391 g/mol. The molecule has 0 spiro atoms. The van der Waals surface area contributed by atoms with Crippen LogP contribution in [0.5, 0.6) is 5.75 Å². The summed E-state index contributed by atoms with van der Waals surface area (Å²) in [6, 6.07) is 12.0. The van der Waals surface area contributed by atoms with Gasteiger partial charge in [0.25, 0.3) is 0 Å². The first-order chi connectivity index (χ1) is 13.9. The normalized spacial score (nSPS) is 12.0. The molecule has 1 unspecified atom stereocenters. The molecule has 0 heterocycles. The molecule has 0 aliphatic rings. The molecular formula is C21H29N2O5P. The van der Waals surface area contributed by atoms with Crippen LogP contribution < -0.4 is 14.9 Å². The SMILES string of the molecule is COCP(NCC(=O)OC(C)C)Oc1ccc2cccc(CCNC(C)=O)c2c1. The third kappa shape index (κ3) is 7.97. The fourth-order valence-corrected chi connectivity index (χ4v) is 3.89. The van der Waals surface area contributed by atoms with E-state index in [0.717, 1.165) is 22.8 Å². The van der Waals surface area contributed by atoms with Crippen molar-refractivity contribution in [2.75, 3.05) is 26.5 Å². The van der Waals surface area contributed by atoms with E-state index in [1.54, 1.807) is 7.11 Å². The summed E-state index contributed by atoms with van der Waals surface area (Å²) in [5.74, 6) is 0.324. The van der Waals surface area contributed by atoms with Crippen LogP contribution >= 0.6 is 8.30 Å². The lowest BCUT2D eigenvalue weighted by molar-refractivity contribution is -0.145. The van der Waals surface area contributed by atoms with Crippen LogP contribution in [0.3, 0.4) is 0 Å². The van der Waals surface area contributed by atoms with Gasteiger partial charge in [-0.1, -0.05) is 24.3 Å². The first kappa shape index (κ1) is 23.1. The van der Waals surface area contributed by atoms with Gasteiger partial charge in [0.15, 0.2) is 8.30 Å². The summed E-state index contributed by atoms with van der Waals surface area (Å²) < 4.78 is 16.4. The minimum absolute atomic E-state index is 0.0402. The summed E-state index contributed by atoms with van der Waals surface area (Å²) in [7, 11) is 0.381. The fraction of sp³-hybridized carbons (Fsp3) is 0.429. The van der Waals surface area contributed by atoms with Crippen LogP contribution in [0, 0.1) is 0 Å². The summed E-state index contributed by atoms with van der Waals surface area (Å²) in [6.45, 7) is 5.77. The molecule has 2 rings (SSSR count). The highest BCUT2D eigenvalue weighted by Gasteiger charge is 2.15. The van der Waals surface area contributed by atoms with Crippen LogP contribution in [0.25, 0.3) is 10.8 Å². The molecule has 0 aromatic heterocycles.